The number of sulfonamides is 1. The van der Waals surface area contributed by atoms with Gasteiger partial charge in [0.2, 0.25) is 10.0 Å². The molecule has 0 atom stereocenters. The Labute approximate surface area is 114 Å². The van der Waals surface area contributed by atoms with Crippen LogP contribution in [0.1, 0.15) is 20.8 Å². The second-order valence-electron chi connectivity index (χ2n) is 4.22. The minimum atomic E-state index is -3.51. The van der Waals surface area contributed by atoms with Crippen molar-refractivity contribution in [2.24, 2.45) is 0 Å². The number of ether oxygens (including phenoxy) is 1. The highest BCUT2D eigenvalue weighted by molar-refractivity contribution is 7.89. The number of anilines is 1. The quantitative estimate of drug-likeness (QED) is 0.703. The van der Waals surface area contributed by atoms with Crippen molar-refractivity contribution in [3.8, 4) is 0 Å². The highest BCUT2D eigenvalue weighted by atomic mass is 32.2. The van der Waals surface area contributed by atoms with E-state index in [2.05, 4.69) is 15.0 Å². The van der Waals surface area contributed by atoms with Crippen LogP contribution < -0.4 is 10.0 Å². The summed E-state index contributed by atoms with van der Waals surface area (Å²) < 4.78 is 31.8. The van der Waals surface area contributed by atoms with E-state index in [-0.39, 0.29) is 17.5 Å². The molecule has 0 fully saturated rings. The van der Waals surface area contributed by atoms with Crippen LogP contribution in [0.3, 0.4) is 0 Å². The molecule has 7 heteroatoms. The van der Waals surface area contributed by atoms with Crippen molar-refractivity contribution in [1.82, 2.24) is 9.71 Å². The summed E-state index contributed by atoms with van der Waals surface area (Å²) in [5, 5.41) is 2.97. The molecule has 0 aliphatic rings. The van der Waals surface area contributed by atoms with Crippen molar-refractivity contribution in [2.45, 2.75) is 31.8 Å². The van der Waals surface area contributed by atoms with Crippen LogP contribution >= 0.6 is 0 Å². The van der Waals surface area contributed by atoms with E-state index < -0.39 is 10.0 Å². The number of nitrogens with zero attached hydrogens (tertiary/aromatic N) is 1. The van der Waals surface area contributed by atoms with Crippen LogP contribution in [0.15, 0.2) is 23.2 Å². The van der Waals surface area contributed by atoms with Crippen LogP contribution in [0, 0.1) is 0 Å². The fraction of sp³-hybridized carbons (Fsp3) is 0.583. The van der Waals surface area contributed by atoms with Crippen LogP contribution in [0.2, 0.25) is 0 Å². The second kappa shape index (κ2) is 7.42. The Morgan fingerprint density at radius 1 is 1.42 bits per heavy atom. The topological polar surface area (TPSA) is 80.3 Å². The van der Waals surface area contributed by atoms with Crippen LogP contribution in [0.5, 0.6) is 0 Å². The average Bonchev–Trinajstić information content (AvgIpc) is 2.35. The lowest BCUT2D eigenvalue weighted by Crippen LogP contribution is -2.28. The Balaban J connectivity index is 2.63. The molecule has 0 radical (unpaired) electrons. The summed E-state index contributed by atoms with van der Waals surface area (Å²) >= 11 is 0. The summed E-state index contributed by atoms with van der Waals surface area (Å²) in [7, 11) is -3.51. The highest BCUT2D eigenvalue weighted by Crippen LogP contribution is 2.12. The Kier molecular flexibility index (Phi) is 6.20. The van der Waals surface area contributed by atoms with Gasteiger partial charge in [0.15, 0.2) is 0 Å². The molecule has 1 aromatic rings. The molecule has 0 aliphatic heterocycles. The molecule has 1 aromatic heterocycles. The zero-order chi connectivity index (χ0) is 14.3. The zero-order valence-corrected chi connectivity index (χ0v) is 12.3. The van der Waals surface area contributed by atoms with Crippen LogP contribution in [-0.4, -0.2) is 39.2 Å². The third kappa shape index (κ3) is 5.54. The number of hydrogen-bond acceptors (Lipinski definition) is 5. The van der Waals surface area contributed by atoms with Crippen molar-refractivity contribution in [2.75, 3.05) is 25.0 Å². The van der Waals surface area contributed by atoms with Crippen molar-refractivity contribution < 1.29 is 13.2 Å². The number of hydrogen-bond donors (Lipinski definition) is 2. The molecule has 1 rings (SSSR count). The molecule has 108 valence electrons. The van der Waals surface area contributed by atoms with Gasteiger partial charge in [0.1, 0.15) is 5.82 Å². The van der Waals surface area contributed by atoms with E-state index >= 15 is 0 Å². The van der Waals surface area contributed by atoms with E-state index in [4.69, 9.17) is 4.74 Å². The molecule has 1 heterocycles. The number of nitrogens with one attached hydrogen (secondary N) is 2. The van der Waals surface area contributed by atoms with Crippen molar-refractivity contribution in [3.05, 3.63) is 18.3 Å². The molecule has 0 bridgehead atoms. The average molecular weight is 287 g/mol. The van der Waals surface area contributed by atoms with Gasteiger partial charge in [-0.2, -0.15) is 0 Å². The van der Waals surface area contributed by atoms with E-state index in [0.29, 0.717) is 19.0 Å². The first-order valence-corrected chi connectivity index (χ1v) is 7.75. The minimum absolute atomic E-state index is 0.0887. The molecule has 0 saturated heterocycles. The van der Waals surface area contributed by atoms with Gasteiger partial charge in [-0.3, -0.25) is 0 Å². The first-order chi connectivity index (χ1) is 8.95. The summed E-state index contributed by atoms with van der Waals surface area (Å²) in [5.41, 5.74) is 0. The standard InChI is InChI=1S/C12H21N3O3S/c1-4-13-12-9-11(5-6-14-12)19(16,17)15-7-8-18-10(2)3/h5-6,9-10,15H,4,7-8H2,1-3H3,(H,13,14). The third-order valence-electron chi connectivity index (χ3n) is 2.24. The van der Waals surface area contributed by atoms with Gasteiger partial charge >= 0.3 is 0 Å². The normalized spacial score (nSPS) is 11.8. The van der Waals surface area contributed by atoms with Crippen molar-refractivity contribution in [1.29, 1.82) is 0 Å². The largest absolute Gasteiger partial charge is 0.377 e. The van der Waals surface area contributed by atoms with Crippen molar-refractivity contribution in [3.63, 3.8) is 0 Å². The highest BCUT2D eigenvalue weighted by Gasteiger charge is 2.14. The maximum absolute atomic E-state index is 12.0. The fourth-order valence-electron chi connectivity index (χ4n) is 1.41. The van der Waals surface area contributed by atoms with E-state index in [1.807, 2.05) is 20.8 Å². The molecule has 0 unspecified atom stereocenters. The van der Waals surface area contributed by atoms with E-state index in [1.165, 1.54) is 18.3 Å². The smallest absolute Gasteiger partial charge is 0.240 e. The van der Waals surface area contributed by atoms with Gasteiger partial charge in [0.05, 0.1) is 17.6 Å². The van der Waals surface area contributed by atoms with Gasteiger partial charge in [0, 0.05) is 25.4 Å². The second-order valence-corrected chi connectivity index (χ2v) is 5.99. The van der Waals surface area contributed by atoms with E-state index in [9.17, 15) is 8.42 Å². The Hall–Kier alpha value is -1.18. The summed E-state index contributed by atoms with van der Waals surface area (Å²) in [6.45, 7) is 7.01. The summed E-state index contributed by atoms with van der Waals surface area (Å²) in [5.74, 6) is 0.545. The lowest BCUT2D eigenvalue weighted by molar-refractivity contribution is 0.0834. The Morgan fingerprint density at radius 3 is 2.79 bits per heavy atom. The van der Waals surface area contributed by atoms with Gasteiger partial charge in [-0.05, 0) is 26.8 Å². The van der Waals surface area contributed by atoms with Crippen LogP contribution in [0.4, 0.5) is 5.82 Å². The summed E-state index contributed by atoms with van der Waals surface area (Å²) in [6, 6.07) is 2.97. The fourth-order valence-corrected chi connectivity index (χ4v) is 2.44. The Morgan fingerprint density at radius 2 is 2.16 bits per heavy atom. The first-order valence-electron chi connectivity index (χ1n) is 6.27. The lowest BCUT2D eigenvalue weighted by Gasteiger charge is -2.10. The van der Waals surface area contributed by atoms with Crippen LogP contribution in [0.25, 0.3) is 0 Å². The van der Waals surface area contributed by atoms with Gasteiger partial charge in [-0.1, -0.05) is 0 Å². The van der Waals surface area contributed by atoms with E-state index in [1.54, 1.807) is 0 Å². The Bertz CT molecular complexity index is 489. The predicted octanol–water partition coefficient (Wildman–Crippen LogP) is 1.22. The number of pyridine rings is 1. The zero-order valence-electron chi connectivity index (χ0n) is 11.5. The molecule has 6 nitrogen and oxygen atoms in total. The first kappa shape index (κ1) is 15.9. The number of rotatable bonds is 8. The molecular formula is C12H21N3O3S. The number of aromatic nitrogens is 1. The molecule has 0 spiro atoms. The van der Waals surface area contributed by atoms with Crippen LogP contribution in [-0.2, 0) is 14.8 Å². The van der Waals surface area contributed by atoms with E-state index in [0.717, 1.165) is 0 Å². The third-order valence-corrected chi connectivity index (χ3v) is 3.70. The summed E-state index contributed by atoms with van der Waals surface area (Å²) in [6.07, 6.45) is 1.56. The van der Waals surface area contributed by atoms with Gasteiger partial charge in [0.25, 0.3) is 0 Å². The maximum Gasteiger partial charge on any atom is 0.240 e. The molecular weight excluding hydrogens is 266 g/mol. The molecule has 0 aromatic carbocycles. The molecule has 2 N–H and O–H groups in total. The van der Waals surface area contributed by atoms with Gasteiger partial charge < -0.3 is 10.1 Å². The minimum Gasteiger partial charge on any atom is -0.377 e. The predicted molar refractivity (Wildman–Crippen MR) is 74.7 cm³/mol. The molecule has 0 amide bonds. The molecule has 0 aliphatic carbocycles. The van der Waals surface area contributed by atoms with Gasteiger partial charge in [-0.25, -0.2) is 18.1 Å². The molecule has 0 saturated carbocycles. The summed E-state index contributed by atoms with van der Waals surface area (Å²) in [4.78, 5) is 4.23. The lowest BCUT2D eigenvalue weighted by atomic mass is 10.4. The SMILES string of the molecule is CCNc1cc(S(=O)(=O)NCCOC(C)C)ccn1. The van der Waals surface area contributed by atoms with Gasteiger partial charge in [-0.15, -0.1) is 0 Å². The maximum atomic E-state index is 12.0. The van der Waals surface area contributed by atoms with Crippen molar-refractivity contribution >= 4 is 15.8 Å². The monoisotopic (exact) mass is 287 g/mol. The molecule has 19 heavy (non-hydrogen) atoms.